The van der Waals surface area contributed by atoms with Crippen molar-refractivity contribution < 1.29 is 8.81 Å². The van der Waals surface area contributed by atoms with Crippen LogP contribution in [0.1, 0.15) is 17.4 Å². The smallest absolute Gasteiger partial charge is 0.169 e. The normalized spacial score (nSPS) is 12.7. The average Bonchev–Trinajstić information content (AvgIpc) is 2.86. The van der Waals surface area contributed by atoms with Crippen molar-refractivity contribution in [2.24, 2.45) is 0 Å². The van der Waals surface area contributed by atoms with Gasteiger partial charge in [0.15, 0.2) is 11.4 Å². The lowest BCUT2D eigenvalue weighted by Crippen LogP contribution is -2.17. The van der Waals surface area contributed by atoms with E-state index in [1.54, 1.807) is 18.5 Å². The van der Waals surface area contributed by atoms with E-state index in [2.05, 4.69) is 15.5 Å². The molecule has 2 heterocycles. The van der Waals surface area contributed by atoms with Crippen LogP contribution in [0.5, 0.6) is 0 Å². The molecule has 1 aromatic carbocycles. The van der Waals surface area contributed by atoms with Crippen LogP contribution < -0.4 is 5.32 Å². The van der Waals surface area contributed by atoms with Crippen LogP contribution in [-0.2, 0) is 0 Å². The number of hydrogen-bond acceptors (Lipinski definition) is 4. The molecule has 1 N–H and O–H groups in total. The molecule has 0 radical (unpaired) electrons. The lowest BCUT2D eigenvalue weighted by atomic mass is 10.1. The largest absolute Gasteiger partial charge is 0.456 e. The van der Waals surface area contributed by atoms with Gasteiger partial charge >= 0.3 is 0 Å². The summed E-state index contributed by atoms with van der Waals surface area (Å²) in [5.74, 6) is 0.294. The zero-order valence-corrected chi connectivity index (χ0v) is 10.3. The number of nitrogens with one attached hydrogen (secondary N) is 1. The number of rotatable bonds is 3. The van der Waals surface area contributed by atoms with E-state index in [-0.39, 0.29) is 17.4 Å². The van der Waals surface area contributed by atoms with E-state index in [0.717, 1.165) is 10.9 Å². The van der Waals surface area contributed by atoms with Gasteiger partial charge in [0.25, 0.3) is 0 Å². The SMILES string of the molecule is CNC(c1ccnnc1)c1cc2cccc(F)c2o1. The molecular formula is C14H12FN3O. The summed E-state index contributed by atoms with van der Waals surface area (Å²) < 4.78 is 19.3. The van der Waals surface area contributed by atoms with Gasteiger partial charge in [0, 0.05) is 11.6 Å². The summed E-state index contributed by atoms with van der Waals surface area (Å²) in [5, 5.41) is 11.5. The summed E-state index contributed by atoms with van der Waals surface area (Å²) in [6, 6.07) is 8.38. The van der Waals surface area contributed by atoms with Gasteiger partial charge in [0.2, 0.25) is 0 Å². The Morgan fingerprint density at radius 2 is 2.16 bits per heavy atom. The molecule has 1 unspecified atom stereocenters. The highest BCUT2D eigenvalue weighted by Crippen LogP contribution is 2.28. The highest BCUT2D eigenvalue weighted by atomic mass is 19.1. The van der Waals surface area contributed by atoms with Gasteiger partial charge in [0.1, 0.15) is 5.76 Å². The molecule has 1 atom stereocenters. The number of furan rings is 1. The van der Waals surface area contributed by atoms with E-state index in [4.69, 9.17) is 4.42 Å². The molecule has 96 valence electrons. The van der Waals surface area contributed by atoms with Crippen molar-refractivity contribution in [1.82, 2.24) is 15.5 Å². The fourth-order valence-electron chi connectivity index (χ4n) is 2.13. The summed E-state index contributed by atoms with van der Waals surface area (Å²) in [7, 11) is 1.81. The van der Waals surface area contributed by atoms with Gasteiger partial charge < -0.3 is 9.73 Å². The molecule has 5 heteroatoms. The number of benzene rings is 1. The lowest BCUT2D eigenvalue weighted by Gasteiger charge is -2.12. The average molecular weight is 257 g/mol. The second-order valence-electron chi connectivity index (χ2n) is 4.20. The molecule has 0 fully saturated rings. The van der Waals surface area contributed by atoms with Gasteiger partial charge in [-0.05, 0) is 30.8 Å². The molecule has 3 rings (SSSR count). The standard InChI is InChI=1S/C14H12FN3O/c1-16-13(10-5-6-17-18-8-10)12-7-9-3-2-4-11(15)14(9)19-12/h2-8,13,16H,1H3. The van der Waals surface area contributed by atoms with Crippen molar-refractivity contribution in [2.75, 3.05) is 7.05 Å². The molecule has 0 aliphatic heterocycles. The number of fused-ring (bicyclic) bond motifs is 1. The van der Waals surface area contributed by atoms with Gasteiger partial charge in [0.05, 0.1) is 12.2 Å². The van der Waals surface area contributed by atoms with Gasteiger partial charge in [-0.2, -0.15) is 10.2 Å². The zero-order valence-electron chi connectivity index (χ0n) is 10.3. The van der Waals surface area contributed by atoms with Crippen LogP contribution in [0.2, 0.25) is 0 Å². The van der Waals surface area contributed by atoms with E-state index in [9.17, 15) is 4.39 Å². The molecule has 0 saturated carbocycles. The minimum Gasteiger partial charge on any atom is -0.456 e. The van der Waals surface area contributed by atoms with Crippen molar-refractivity contribution in [2.45, 2.75) is 6.04 Å². The second kappa shape index (κ2) is 4.78. The molecule has 0 spiro atoms. The second-order valence-corrected chi connectivity index (χ2v) is 4.20. The number of para-hydroxylation sites is 1. The maximum absolute atomic E-state index is 13.6. The van der Waals surface area contributed by atoms with Crippen LogP contribution in [0.15, 0.2) is 47.1 Å². The molecule has 3 aromatic rings. The van der Waals surface area contributed by atoms with Crippen LogP contribution in [0.25, 0.3) is 11.0 Å². The number of hydrogen-bond donors (Lipinski definition) is 1. The molecular weight excluding hydrogens is 245 g/mol. The maximum atomic E-state index is 13.6. The topological polar surface area (TPSA) is 51.0 Å². The monoisotopic (exact) mass is 257 g/mol. The maximum Gasteiger partial charge on any atom is 0.169 e. The molecule has 0 saturated heterocycles. The van der Waals surface area contributed by atoms with Crippen LogP contribution in [0.3, 0.4) is 0 Å². The first-order valence-corrected chi connectivity index (χ1v) is 5.91. The minimum atomic E-state index is -0.355. The Bertz CT molecular complexity index is 696. The molecule has 0 amide bonds. The Hall–Kier alpha value is -2.27. The fraction of sp³-hybridized carbons (Fsp3) is 0.143. The first kappa shape index (κ1) is 11.8. The summed E-state index contributed by atoms with van der Waals surface area (Å²) in [6.07, 6.45) is 3.27. The van der Waals surface area contributed by atoms with E-state index < -0.39 is 0 Å². The highest BCUT2D eigenvalue weighted by molar-refractivity contribution is 5.78. The summed E-state index contributed by atoms with van der Waals surface area (Å²) in [5.41, 5.74) is 1.19. The Morgan fingerprint density at radius 1 is 1.26 bits per heavy atom. The van der Waals surface area contributed by atoms with Crippen LogP contribution in [0.4, 0.5) is 4.39 Å². The Kier molecular flexibility index (Phi) is 2.97. The van der Waals surface area contributed by atoms with E-state index in [0.29, 0.717) is 5.76 Å². The van der Waals surface area contributed by atoms with Crippen molar-refractivity contribution in [3.63, 3.8) is 0 Å². The molecule has 2 aromatic heterocycles. The predicted octanol–water partition coefficient (Wildman–Crippen LogP) is 2.67. The summed E-state index contributed by atoms with van der Waals surface area (Å²) in [4.78, 5) is 0. The third-order valence-corrected chi connectivity index (χ3v) is 3.03. The molecule has 4 nitrogen and oxygen atoms in total. The number of halogens is 1. The first-order valence-electron chi connectivity index (χ1n) is 5.91. The van der Waals surface area contributed by atoms with Crippen molar-refractivity contribution in [3.05, 3.63) is 59.9 Å². The summed E-state index contributed by atoms with van der Waals surface area (Å²) in [6.45, 7) is 0. The molecule has 19 heavy (non-hydrogen) atoms. The zero-order chi connectivity index (χ0) is 13.2. The van der Waals surface area contributed by atoms with Crippen molar-refractivity contribution >= 4 is 11.0 Å². The van der Waals surface area contributed by atoms with Crippen molar-refractivity contribution in [1.29, 1.82) is 0 Å². The van der Waals surface area contributed by atoms with E-state index in [1.807, 2.05) is 25.2 Å². The van der Waals surface area contributed by atoms with Gasteiger partial charge in [-0.1, -0.05) is 12.1 Å². The van der Waals surface area contributed by atoms with E-state index in [1.165, 1.54) is 6.07 Å². The number of aromatic nitrogens is 2. The Morgan fingerprint density at radius 3 is 2.84 bits per heavy atom. The van der Waals surface area contributed by atoms with Gasteiger partial charge in [-0.15, -0.1) is 0 Å². The quantitative estimate of drug-likeness (QED) is 0.783. The third kappa shape index (κ3) is 2.08. The van der Waals surface area contributed by atoms with Gasteiger partial charge in [-0.3, -0.25) is 0 Å². The Balaban J connectivity index is 2.09. The van der Waals surface area contributed by atoms with Gasteiger partial charge in [-0.25, -0.2) is 4.39 Å². The van der Waals surface area contributed by atoms with Crippen LogP contribution in [0, 0.1) is 5.82 Å². The van der Waals surface area contributed by atoms with E-state index >= 15 is 0 Å². The first-order chi connectivity index (χ1) is 9.29. The third-order valence-electron chi connectivity index (χ3n) is 3.03. The predicted molar refractivity (Wildman–Crippen MR) is 69.1 cm³/mol. The Labute approximate surface area is 109 Å². The van der Waals surface area contributed by atoms with Crippen molar-refractivity contribution in [3.8, 4) is 0 Å². The molecule has 0 bridgehead atoms. The number of nitrogens with zero attached hydrogens (tertiary/aromatic N) is 2. The van der Waals surface area contributed by atoms with Crippen LogP contribution in [-0.4, -0.2) is 17.2 Å². The highest BCUT2D eigenvalue weighted by Gasteiger charge is 2.18. The minimum absolute atomic E-state index is 0.178. The molecule has 0 aliphatic rings. The summed E-state index contributed by atoms with van der Waals surface area (Å²) >= 11 is 0. The van der Waals surface area contributed by atoms with Crippen LogP contribution >= 0.6 is 0 Å². The molecule has 0 aliphatic carbocycles. The lowest BCUT2D eigenvalue weighted by molar-refractivity contribution is 0.475. The fourth-order valence-corrected chi connectivity index (χ4v) is 2.13.